The molecule has 0 aliphatic rings. The van der Waals surface area contributed by atoms with Crippen LogP contribution in [0.5, 0.6) is 0 Å². The molecule has 0 unspecified atom stereocenters. The molecule has 1 aromatic heterocycles. The minimum Gasteiger partial charge on any atom is -0.372 e. The maximum Gasteiger partial charge on any atom is 0.204 e. The van der Waals surface area contributed by atoms with Crippen molar-refractivity contribution in [2.24, 2.45) is 5.73 Å². The van der Waals surface area contributed by atoms with Crippen LogP contribution in [0.25, 0.3) is 0 Å². The second kappa shape index (κ2) is 5.68. The number of hydrogen-bond acceptors (Lipinski definition) is 2. The summed E-state index contributed by atoms with van der Waals surface area (Å²) in [7, 11) is 0. The summed E-state index contributed by atoms with van der Waals surface area (Å²) in [4.78, 5) is 12.4. The van der Waals surface area contributed by atoms with Crippen molar-refractivity contribution in [2.45, 2.75) is 6.92 Å². The third kappa shape index (κ3) is 5.36. The number of halogens is 1. The molecular formula is C7H9ClN2O. The van der Waals surface area contributed by atoms with Crippen molar-refractivity contribution in [1.29, 1.82) is 0 Å². The average molecular weight is 173 g/mol. The zero-order valence-corrected chi connectivity index (χ0v) is 6.88. The minimum atomic E-state index is 0.250. The average Bonchev–Trinajstić information content (AvgIpc) is 1.88. The lowest BCUT2D eigenvalue weighted by Gasteiger charge is -1.88. The maximum absolute atomic E-state index is 8.58. The highest BCUT2D eigenvalue weighted by atomic mass is 35.5. The molecule has 11 heavy (non-hydrogen) atoms. The summed E-state index contributed by atoms with van der Waals surface area (Å²) in [5, 5.41) is 0.699. The second-order valence-corrected chi connectivity index (χ2v) is 2.25. The number of rotatable bonds is 0. The molecule has 4 heteroatoms. The predicted octanol–water partition coefficient (Wildman–Crippen LogP) is 1.14. The molecular weight excluding hydrogens is 164 g/mol. The SMILES string of the molecule is Cc1cncc(Cl)c1.NC=O. The van der Waals surface area contributed by atoms with Gasteiger partial charge in [-0.05, 0) is 18.6 Å². The largest absolute Gasteiger partial charge is 0.372 e. The van der Waals surface area contributed by atoms with Crippen LogP contribution in [0.3, 0.4) is 0 Å². The van der Waals surface area contributed by atoms with Crippen LogP contribution < -0.4 is 5.73 Å². The van der Waals surface area contributed by atoms with E-state index in [0.29, 0.717) is 5.02 Å². The molecule has 0 bridgehead atoms. The molecule has 0 aliphatic heterocycles. The van der Waals surface area contributed by atoms with Gasteiger partial charge in [-0.15, -0.1) is 0 Å². The maximum atomic E-state index is 8.58. The van der Waals surface area contributed by atoms with Gasteiger partial charge in [-0.25, -0.2) is 0 Å². The first-order valence-corrected chi connectivity index (χ1v) is 3.31. The molecule has 1 rings (SSSR count). The number of primary amides is 1. The normalized spacial score (nSPS) is 7.82. The van der Waals surface area contributed by atoms with Gasteiger partial charge >= 0.3 is 0 Å². The van der Waals surface area contributed by atoms with Crippen molar-refractivity contribution in [3.05, 3.63) is 29.0 Å². The van der Waals surface area contributed by atoms with Crippen LogP contribution in [-0.4, -0.2) is 11.4 Å². The summed E-state index contributed by atoms with van der Waals surface area (Å²) in [5.41, 5.74) is 5.26. The van der Waals surface area contributed by atoms with Crippen molar-refractivity contribution in [2.75, 3.05) is 0 Å². The van der Waals surface area contributed by atoms with Gasteiger partial charge in [0.15, 0.2) is 0 Å². The molecule has 0 aliphatic carbocycles. The van der Waals surface area contributed by atoms with E-state index in [1.165, 1.54) is 0 Å². The van der Waals surface area contributed by atoms with Gasteiger partial charge in [0.2, 0.25) is 6.41 Å². The Balaban J connectivity index is 0.000000292. The number of carbonyl (C=O) groups is 1. The Labute approximate surface area is 70.2 Å². The van der Waals surface area contributed by atoms with E-state index >= 15 is 0 Å². The van der Waals surface area contributed by atoms with E-state index in [-0.39, 0.29) is 6.41 Å². The van der Waals surface area contributed by atoms with E-state index in [1.807, 2.05) is 13.0 Å². The van der Waals surface area contributed by atoms with E-state index in [2.05, 4.69) is 10.7 Å². The molecule has 0 spiro atoms. The van der Waals surface area contributed by atoms with E-state index in [9.17, 15) is 0 Å². The highest BCUT2D eigenvalue weighted by Gasteiger charge is 1.84. The summed E-state index contributed by atoms with van der Waals surface area (Å²) in [6.07, 6.45) is 3.64. The first-order valence-electron chi connectivity index (χ1n) is 2.93. The van der Waals surface area contributed by atoms with Crippen molar-refractivity contribution < 1.29 is 4.79 Å². The molecule has 0 saturated carbocycles. The van der Waals surface area contributed by atoms with Crippen molar-refractivity contribution in [1.82, 2.24) is 4.98 Å². The number of nitrogens with two attached hydrogens (primary N) is 1. The Morgan fingerprint density at radius 1 is 1.64 bits per heavy atom. The Hall–Kier alpha value is -1.09. The number of carbonyl (C=O) groups excluding carboxylic acids is 1. The lowest BCUT2D eigenvalue weighted by molar-refractivity contribution is -0.106. The van der Waals surface area contributed by atoms with Gasteiger partial charge in [-0.1, -0.05) is 11.6 Å². The monoisotopic (exact) mass is 172 g/mol. The summed E-state index contributed by atoms with van der Waals surface area (Å²) in [6, 6.07) is 1.87. The molecule has 0 fully saturated rings. The van der Waals surface area contributed by atoms with Gasteiger partial charge in [0.05, 0.1) is 5.02 Å². The second-order valence-electron chi connectivity index (χ2n) is 1.82. The number of aromatic nitrogens is 1. The van der Waals surface area contributed by atoms with Crippen LogP contribution in [0, 0.1) is 6.92 Å². The number of amides is 1. The predicted molar refractivity (Wildman–Crippen MR) is 44.2 cm³/mol. The quantitative estimate of drug-likeness (QED) is 0.597. The topological polar surface area (TPSA) is 56.0 Å². The van der Waals surface area contributed by atoms with Crippen molar-refractivity contribution in [3.8, 4) is 0 Å². The Morgan fingerprint density at radius 3 is 2.45 bits per heavy atom. The Kier molecular flexibility index (Phi) is 5.11. The van der Waals surface area contributed by atoms with Crippen molar-refractivity contribution in [3.63, 3.8) is 0 Å². The van der Waals surface area contributed by atoms with Gasteiger partial charge in [-0.2, -0.15) is 0 Å². The fraction of sp³-hybridized carbons (Fsp3) is 0.143. The Morgan fingerprint density at radius 2 is 2.18 bits per heavy atom. The lowest BCUT2D eigenvalue weighted by Crippen LogP contribution is -1.82. The van der Waals surface area contributed by atoms with Crippen LogP contribution in [-0.2, 0) is 4.79 Å². The molecule has 1 heterocycles. The molecule has 3 nitrogen and oxygen atoms in total. The van der Waals surface area contributed by atoms with Crippen LogP contribution in [0.1, 0.15) is 5.56 Å². The standard InChI is InChI=1S/C6H6ClN.CH3NO/c1-5-2-6(7)4-8-3-5;2-1-3/h2-4H,1H3;1H,(H2,2,3). The molecule has 60 valence electrons. The summed E-state index contributed by atoms with van der Waals surface area (Å²) < 4.78 is 0. The summed E-state index contributed by atoms with van der Waals surface area (Å²) in [5.74, 6) is 0. The highest BCUT2D eigenvalue weighted by molar-refractivity contribution is 6.30. The molecule has 0 saturated heterocycles. The number of pyridine rings is 1. The fourth-order valence-electron chi connectivity index (χ4n) is 0.518. The Bertz CT molecular complexity index is 210. The first kappa shape index (κ1) is 9.91. The summed E-state index contributed by atoms with van der Waals surface area (Å²) in [6.45, 7) is 1.96. The lowest BCUT2D eigenvalue weighted by atomic mass is 10.3. The smallest absolute Gasteiger partial charge is 0.204 e. The van der Waals surface area contributed by atoms with Crippen LogP contribution in [0.15, 0.2) is 18.5 Å². The van der Waals surface area contributed by atoms with Gasteiger partial charge in [-0.3, -0.25) is 9.78 Å². The zero-order valence-electron chi connectivity index (χ0n) is 6.12. The van der Waals surface area contributed by atoms with Gasteiger partial charge < -0.3 is 5.73 Å². The van der Waals surface area contributed by atoms with Crippen LogP contribution in [0.4, 0.5) is 0 Å². The number of aryl methyl sites for hydroxylation is 1. The van der Waals surface area contributed by atoms with E-state index in [0.717, 1.165) is 5.56 Å². The zero-order chi connectivity index (χ0) is 8.69. The van der Waals surface area contributed by atoms with Gasteiger partial charge in [0.25, 0.3) is 0 Å². The molecule has 0 aromatic carbocycles. The third-order valence-corrected chi connectivity index (χ3v) is 1.05. The minimum absolute atomic E-state index is 0.250. The molecule has 0 radical (unpaired) electrons. The van der Waals surface area contributed by atoms with Crippen LogP contribution >= 0.6 is 11.6 Å². The first-order chi connectivity index (χ1) is 5.20. The molecule has 1 aromatic rings. The number of hydrogen-bond donors (Lipinski definition) is 1. The van der Waals surface area contributed by atoms with Gasteiger partial charge in [0, 0.05) is 12.4 Å². The van der Waals surface area contributed by atoms with Crippen molar-refractivity contribution >= 4 is 18.0 Å². The summed E-state index contributed by atoms with van der Waals surface area (Å²) >= 11 is 5.58. The molecule has 2 N–H and O–H groups in total. The van der Waals surface area contributed by atoms with E-state index in [1.54, 1.807) is 12.4 Å². The number of nitrogens with zero attached hydrogens (tertiary/aromatic N) is 1. The third-order valence-electron chi connectivity index (χ3n) is 0.842. The van der Waals surface area contributed by atoms with E-state index < -0.39 is 0 Å². The molecule has 1 amide bonds. The fourth-order valence-corrected chi connectivity index (χ4v) is 0.747. The highest BCUT2D eigenvalue weighted by Crippen LogP contribution is 2.05. The van der Waals surface area contributed by atoms with E-state index in [4.69, 9.17) is 16.4 Å². The molecule has 0 atom stereocenters. The van der Waals surface area contributed by atoms with Crippen LogP contribution in [0.2, 0.25) is 5.02 Å². The van der Waals surface area contributed by atoms with Gasteiger partial charge in [0.1, 0.15) is 0 Å².